The molecule has 0 spiro atoms. The molecular weight excluding hydrogens is 212 g/mol. The predicted octanol–water partition coefficient (Wildman–Crippen LogP) is -3.01. The summed E-state index contributed by atoms with van der Waals surface area (Å²) in [6.07, 6.45) is 0. The zero-order valence-corrected chi connectivity index (χ0v) is 7.64. The minimum absolute atomic E-state index is 0. The van der Waals surface area contributed by atoms with Crippen molar-refractivity contribution in [2.75, 3.05) is 0 Å². The summed E-state index contributed by atoms with van der Waals surface area (Å²) in [7, 11) is 0. The third-order valence-corrected chi connectivity index (χ3v) is 0. The second-order valence-electron chi connectivity index (χ2n) is 0. The second-order valence-corrected chi connectivity index (χ2v) is 0. The Balaban J connectivity index is -0.000000000833. The molecule has 34 valence electrons. The van der Waals surface area contributed by atoms with Crippen LogP contribution in [0.2, 0.25) is 0 Å². The fourth-order valence-electron chi connectivity index (χ4n) is 0. The summed E-state index contributed by atoms with van der Waals surface area (Å²) >= 11 is 1.69. The van der Waals surface area contributed by atoms with Crippen molar-refractivity contribution in [1.82, 2.24) is 0 Å². The molecule has 0 fully saturated rings. The Kier molecular flexibility index (Phi) is 176. The molecule has 5 heteroatoms. The van der Waals surface area contributed by atoms with Gasteiger partial charge in [-0.3, -0.25) is 0 Å². The van der Waals surface area contributed by atoms with Gasteiger partial charge in [0.05, 0.1) is 0 Å². The molecule has 0 rings (SSSR count). The molecule has 0 saturated carbocycles. The molecule has 0 amide bonds. The van der Waals surface area contributed by atoms with Gasteiger partial charge in [0, 0.05) is 33.3 Å². The summed E-state index contributed by atoms with van der Waals surface area (Å²) in [5.41, 5.74) is 0. The molecular formula is HCoMnNaNiO. The number of hydrogen-bond acceptors (Lipinski definition) is 1. The van der Waals surface area contributed by atoms with Crippen LogP contribution in [0.25, 0.3) is 0 Å². The van der Waals surface area contributed by atoms with Crippen LogP contribution in [0, 0.1) is 0 Å². The quantitative estimate of drug-likeness (QED) is 0.391. The van der Waals surface area contributed by atoms with Crippen LogP contribution in [0.4, 0.5) is 0 Å². The normalized spacial score (nSPS) is 0.800. The number of hydrogen-bond donors (Lipinski definition) is 0. The molecule has 1 nitrogen and oxygen atoms in total. The van der Waals surface area contributed by atoms with Crippen LogP contribution in [0.3, 0.4) is 0 Å². The van der Waals surface area contributed by atoms with Crippen LogP contribution in [0.5, 0.6) is 0 Å². The fourth-order valence-corrected chi connectivity index (χ4v) is 0. The summed E-state index contributed by atoms with van der Waals surface area (Å²) in [6, 6.07) is 0. The van der Waals surface area contributed by atoms with Gasteiger partial charge in [0.1, 0.15) is 0 Å². The minimum atomic E-state index is 0. The zero-order chi connectivity index (χ0) is 2.00. The standard InChI is InChI=1S/Co.Mn.Na.Ni.O.H/q;;+1;;;-1. The van der Waals surface area contributed by atoms with Gasteiger partial charge in [0.2, 0.25) is 0 Å². The van der Waals surface area contributed by atoms with Crippen LogP contribution in [-0.4, -0.2) is 0 Å². The zero-order valence-electron chi connectivity index (χ0n) is 3.44. The first-order valence-electron chi connectivity index (χ1n) is 0.154. The van der Waals surface area contributed by atoms with Crippen molar-refractivity contribution in [3.63, 3.8) is 0 Å². The van der Waals surface area contributed by atoms with Crippen molar-refractivity contribution in [2.45, 2.75) is 0 Å². The predicted molar refractivity (Wildman–Crippen MR) is 1.80 cm³/mol. The van der Waals surface area contributed by atoms with Crippen molar-refractivity contribution in [3.05, 3.63) is 0 Å². The van der Waals surface area contributed by atoms with Crippen molar-refractivity contribution >= 4 is 0 Å². The van der Waals surface area contributed by atoms with E-state index in [2.05, 4.69) is 0 Å². The maximum absolute atomic E-state index is 8.06. The molecule has 0 aliphatic heterocycles. The van der Waals surface area contributed by atoms with Crippen LogP contribution in [0.1, 0.15) is 1.43 Å². The van der Waals surface area contributed by atoms with E-state index in [0.717, 1.165) is 0 Å². The molecule has 5 heavy (non-hydrogen) atoms. The van der Waals surface area contributed by atoms with Crippen LogP contribution < -0.4 is 29.6 Å². The van der Waals surface area contributed by atoms with Gasteiger partial charge in [-0.1, -0.05) is 0 Å². The van der Waals surface area contributed by atoms with Gasteiger partial charge < -0.3 is 1.43 Å². The van der Waals surface area contributed by atoms with E-state index in [1.165, 1.54) is 0 Å². The average Bonchev–Trinajstić information content (AvgIpc) is 1.00. The van der Waals surface area contributed by atoms with Gasteiger partial charge in [0.15, 0.2) is 0 Å². The molecule has 0 bridgehead atoms. The van der Waals surface area contributed by atoms with Crippen LogP contribution >= 0.6 is 0 Å². The molecule has 0 aliphatic carbocycles. The monoisotopic (exact) mass is 212 g/mol. The number of rotatable bonds is 0. The van der Waals surface area contributed by atoms with E-state index < -0.39 is 0 Å². The Morgan fingerprint density at radius 2 is 1.40 bits per heavy atom. The molecule has 0 aromatic rings. The molecule has 1 radical (unpaired) electrons. The summed E-state index contributed by atoms with van der Waals surface area (Å²) in [6.45, 7) is 0. The summed E-state index contributed by atoms with van der Waals surface area (Å²) in [5.74, 6) is 0. The first-order valence-corrected chi connectivity index (χ1v) is 0.636. The third-order valence-electron chi connectivity index (χ3n) is 0. The van der Waals surface area contributed by atoms with E-state index in [9.17, 15) is 0 Å². The topological polar surface area (TPSA) is 17.1 Å². The first-order chi connectivity index (χ1) is 1.00. The molecule has 0 N–H and O–H groups in total. The van der Waals surface area contributed by atoms with Crippen molar-refractivity contribution < 1.29 is 84.0 Å². The molecule has 0 unspecified atom stereocenters. The summed E-state index contributed by atoms with van der Waals surface area (Å²) in [4.78, 5) is 0. The Labute approximate surface area is 82.9 Å². The Bertz CT molecular complexity index is 15.5. The second kappa shape index (κ2) is 33.2. The summed E-state index contributed by atoms with van der Waals surface area (Å²) in [5, 5.41) is 0. The van der Waals surface area contributed by atoms with E-state index in [-0.39, 0.29) is 64.3 Å². The van der Waals surface area contributed by atoms with Gasteiger partial charge in [0.25, 0.3) is 0 Å². The van der Waals surface area contributed by atoms with Gasteiger partial charge in [-0.25, -0.2) is 0 Å². The van der Waals surface area contributed by atoms with Crippen molar-refractivity contribution in [2.24, 2.45) is 0 Å². The van der Waals surface area contributed by atoms with E-state index in [1.807, 2.05) is 0 Å². The molecule has 0 aliphatic rings. The van der Waals surface area contributed by atoms with E-state index in [1.54, 1.807) is 15.9 Å². The summed E-state index contributed by atoms with van der Waals surface area (Å²) < 4.78 is 8.06. The van der Waals surface area contributed by atoms with Crippen molar-refractivity contribution in [1.29, 1.82) is 0 Å². The van der Waals surface area contributed by atoms with E-state index in [4.69, 9.17) is 3.83 Å². The first kappa shape index (κ1) is 26.5. The SMILES string of the molecule is [Co].[H-].[Na+].[Ni].[O]=[Mn]. The molecule has 0 atom stereocenters. The van der Waals surface area contributed by atoms with Gasteiger partial charge in [-0.2, -0.15) is 0 Å². The van der Waals surface area contributed by atoms with Crippen LogP contribution in [-0.2, 0) is 53.0 Å². The maximum atomic E-state index is 8.06. The molecule has 0 aromatic carbocycles. The Morgan fingerprint density at radius 3 is 1.40 bits per heavy atom. The van der Waals surface area contributed by atoms with Gasteiger partial charge in [-0.15, -0.1) is 0 Å². The van der Waals surface area contributed by atoms with E-state index >= 15 is 0 Å². The Hall–Kier alpha value is 2.32. The molecule has 0 aromatic heterocycles. The van der Waals surface area contributed by atoms with Crippen molar-refractivity contribution in [3.8, 4) is 0 Å². The fraction of sp³-hybridized carbons (Fsp3) is 0. The Morgan fingerprint density at radius 1 is 1.40 bits per heavy atom. The average molecular weight is 213 g/mol. The van der Waals surface area contributed by atoms with E-state index in [0.29, 0.717) is 0 Å². The van der Waals surface area contributed by atoms with Crippen LogP contribution in [0.15, 0.2) is 0 Å². The third kappa shape index (κ3) is 21.9. The van der Waals surface area contributed by atoms with Gasteiger partial charge >= 0.3 is 49.3 Å². The van der Waals surface area contributed by atoms with Gasteiger partial charge in [-0.05, 0) is 0 Å². The molecule has 0 heterocycles. The molecule has 0 saturated heterocycles.